The van der Waals surface area contributed by atoms with Gasteiger partial charge in [0, 0.05) is 29.2 Å². The zero-order valence-corrected chi connectivity index (χ0v) is 24.8. The van der Waals surface area contributed by atoms with E-state index in [1.807, 2.05) is 6.07 Å². The van der Waals surface area contributed by atoms with Crippen molar-refractivity contribution in [3.8, 4) is 23.0 Å². The van der Waals surface area contributed by atoms with Crippen LogP contribution in [-0.4, -0.2) is 23.6 Å². The van der Waals surface area contributed by atoms with Crippen molar-refractivity contribution in [2.24, 2.45) is 11.1 Å². The number of alkyl halides is 2. The maximum atomic E-state index is 14.3. The third kappa shape index (κ3) is 7.72. The number of primary amides is 1. The predicted molar refractivity (Wildman–Crippen MR) is 154 cm³/mol. The molecule has 0 saturated heterocycles. The molecule has 4 aromatic rings. The van der Waals surface area contributed by atoms with Crippen molar-refractivity contribution in [2.45, 2.75) is 53.1 Å². The van der Waals surface area contributed by atoms with Gasteiger partial charge >= 0.3 is 12.7 Å². The van der Waals surface area contributed by atoms with Gasteiger partial charge in [-0.2, -0.15) is 8.78 Å². The third-order valence-corrected chi connectivity index (χ3v) is 7.11. The number of benzene rings is 3. The lowest BCUT2D eigenvalue weighted by Gasteiger charge is -2.38. The van der Waals surface area contributed by atoms with E-state index < -0.39 is 41.3 Å². The summed E-state index contributed by atoms with van der Waals surface area (Å²) in [5.41, 5.74) is 3.42. The van der Waals surface area contributed by atoms with E-state index in [2.05, 4.69) is 15.0 Å². The van der Waals surface area contributed by atoms with Gasteiger partial charge in [-0.1, -0.05) is 57.2 Å². The fourth-order valence-electron chi connectivity index (χ4n) is 4.27. The Kier molecular flexibility index (Phi) is 9.69. The first-order chi connectivity index (χ1) is 21.2. The molecule has 0 bridgehead atoms. The number of hydrogen-bond donors (Lipinski definition) is 2. The van der Waals surface area contributed by atoms with Crippen LogP contribution in [0.5, 0.6) is 11.5 Å². The monoisotopic (exact) mass is 629 g/mol. The van der Waals surface area contributed by atoms with Gasteiger partial charge in [0.15, 0.2) is 28.6 Å². The van der Waals surface area contributed by atoms with Crippen LogP contribution in [0.25, 0.3) is 11.5 Å². The van der Waals surface area contributed by atoms with Crippen LogP contribution in [0.2, 0.25) is 0 Å². The number of carbonyl (C=O) groups is 2. The number of halogens is 4. The van der Waals surface area contributed by atoms with Crippen molar-refractivity contribution in [3.63, 3.8) is 0 Å². The molecule has 9 nitrogen and oxygen atoms in total. The molecule has 1 aromatic heterocycles. The van der Waals surface area contributed by atoms with Gasteiger partial charge < -0.3 is 29.7 Å². The highest BCUT2D eigenvalue weighted by Gasteiger charge is 2.49. The first kappa shape index (κ1) is 32.8. The number of carbonyl (C=O) groups excluding carboxylic acids is 2. The van der Waals surface area contributed by atoms with E-state index in [4.69, 9.17) is 19.6 Å². The average Bonchev–Trinajstić information content (AvgIpc) is 3.42. The second kappa shape index (κ2) is 13.3. The van der Waals surface area contributed by atoms with E-state index in [1.54, 1.807) is 45.0 Å². The lowest BCUT2D eigenvalue weighted by molar-refractivity contribution is -0.0707. The average molecular weight is 630 g/mol. The van der Waals surface area contributed by atoms with E-state index >= 15 is 0 Å². The van der Waals surface area contributed by atoms with Crippen LogP contribution in [0, 0.1) is 17.0 Å². The summed E-state index contributed by atoms with van der Waals surface area (Å²) >= 11 is 0. The van der Waals surface area contributed by atoms with Crippen molar-refractivity contribution in [1.82, 2.24) is 10.3 Å². The first-order valence-corrected chi connectivity index (χ1v) is 13.7. The maximum Gasteiger partial charge on any atom is 0.405 e. The molecular formula is C32H31F4N3O6. The summed E-state index contributed by atoms with van der Waals surface area (Å²) in [4.78, 5) is 29.9. The van der Waals surface area contributed by atoms with Gasteiger partial charge in [0.25, 0.3) is 5.91 Å². The van der Waals surface area contributed by atoms with E-state index in [0.717, 1.165) is 11.6 Å². The molecule has 0 aliphatic carbocycles. The number of rotatable bonds is 11. The molecule has 1 heterocycles. The number of hydrogen-bond acceptors (Lipinski definition) is 7. The molecule has 238 valence electrons. The summed E-state index contributed by atoms with van der Waals surface area (Å²) in [5.74, 6) is -3.19. The minimum atomic E-state index is -3.14. The Labute approximate surface area is 256 Å². The minimum absolute atomic E-state index is 0.00295. The summed E-state index contributed by atoms with van der Waals surface area (Å²) in [7, 11) is 0. The topological polar surface area (TPSA) is 126 Å². The van der Waals surface area contributed by atoms with Crippen LogP contribution in [-0.2, 0) is 23.5 Å². The van der Waals surface area contributed by atoms with Gasteiger partial charge in [-0.25, -0.2) is 18.6 Å². The van der Waals surface area contributed by atoms with Gasteiger partial charge in [-0.15, -0.1) is 0 Å². The van der Waals surface area contributed by atoms with Crippen LogP contribution in [0.4, 0.5) is 22.4 Å². The van der Waals surface area contributed by atoms with Crippen molar-refractivity contribution in [1.29, 1.82) is 0 Å². The number of oxazole rings is 1. The Morgan fingerprint density at radius 2 is 1.69 bits per heavy atom. The molecule has 13 heteroatoms. The SMILES string of the molecule is CC(C)(C)C(C)(OC(N)=O)c1oc(-c2ccc(OC(F)F)c(OCc3ccccc3)c2)nc1C(=O)NCc1ccc(F)cc1F. The lowest BCUT2D eigenvalue weighted by atomic mass is 9.75. The highest BCUT2D eigenvalue weighted by molar-refractivity contribution is 5.94. The van der Waals surface area contributed by atoms with Crippen LogP contribution in [0.3, 0.4) is 0 Å². The summed E-state index contributed by atoms with van der Waals surface area (Å²) in [6.45, 7) is 3.14. The number of nitrogens with zero attached hydrogens (tertiary/aromatic N) is 1. The molecule has 3 aromatic carbocycles. The van der Waals surface area contributed by atoms with Crippen LogP contribution < -0.4 is 20.5 Å². The number of amides is 2. The van der Waals surface area contributed by atoms with Crippen LogP contribution in [0.15, 0.2) is 71.1 Å². The molecule has 0 aliphatic heterocycles. The second-order valence-corrected chi connectivity index (χ2v) is 11.1. The van der Waals surface area contributed by atoms with Gasteiger partial charge in [-0.3, -0.25) is 4.79 Å². The largest absolute Gasteiger partial charge is 0.485 e. The Morgan fingerprint density at radius 3 is 2.31 bits per heavy atom. The van der Waals surface area contributed by atoms with E-state index in [1.165, 1.54) is 31.2 Å². The van der Waals surface area contributed by atoms with Crippen molar-refractivity contribution in [2.75, 3.05) is 0 Å². The minimum Gasteiger partial charge on any atom is -0.485 e. The molecule has 0 aliphatic rings. The number of nitrogens with one attached hydrogen (secondary N) is 1. The van der Waals surface area contributed by atoms with E-state index in [0.29, 0.717) is 6.07 Å². The van der Waals surface area contributed by atoms with Gasteiger partial charge in [0.2, 0.25) is 5.89 Å². The molecule has 3 N–H and O–H groups in total. The van der Waals surface area contributed by atoms with Gasteiger partial charge in [0.05, 0.1) is 0 Å². The Hall–Kier alpha value is -5.07. The van der Waals surface area contributed by atoms with Crippen LogP contribution >= 0.6 is 0 Å². The molecule has 1 atom stereocenters. The highest BCUT2D eigenvalue weighted by Crippen LogP contribution is 2.45. The molecule has 0 saturated carbocycles. The molecule has 1 unspecified atom stereocenters. The Balaban J connectivity index is 1.78. The van der Waals surface area contributed by atoms with Crippen molar-refractivity contribution < 1.29 is 45.8 Å². The van der Waals surface area contributed by atoms with Crippen molar-refractivity contribution >= 4 is 12.0 Å². The van der Waals surface area contributed by atoms with E-state index in [-0.39, 0.29) is 53.1 Å². The predicted octanol–water partition coefficient (Wildman–Crippen LogP) is 7.09. The summed E-state index contributed by atoms with van der Waals surface area (Å²) < 4.78 is 76.0. The number of aromatic nitrogens is 1. The summed E-state index contributed by atoms with van der Waals surface area (Å²) in [6.07, 6.45) is -1.16. The zero-order chi connectivity index (χ0) is 32.9. The van der Waals surface area contributed by atoms with Gasteiger partial charge in [0.1, 0.15) is 18.2 Å². The summed E-state index contributed by atoms with van der Waals surface area (Å²) in [6, 6.07) is 15.8. The maximum absolute atomic E-state index is 14.3. The van der Waals surface area contributed by atoms with Crippen molar-refractivity contribution in [3.05, 3.63) is 101 Å². The Bertz CT molecular complexity index is 1670. The fraction of sp³-hybridized carbons (Fsp3) is 0.281. The molecule has 0 radical (unpaired) electrons. The van der Waals surface area contributed by atoms with E-state index in [9.17, 15) is 27.2 Å². The first-order valence-electron chi connectivity index (χ1n) is 13.7. The standard InChI is InChI=1S/C32H31F4N3O6/c1-31(2,3)32(4,45-30(37)41)26-25(27(40)38-16-20-10-12-21(33)15-22(20)34)39-28(44-26)19-11-13-23(43-29(35)36)24(14-19)42-17-18-8-6-5-7-9-18/h5-15,29H,16-17H2,1-4H3,(H2,37,41)(H,38,40). The Morgan fingerprint density at radius 1 is 0.978 bits per heavy atom. The second-order valence-electron chi connectivity index (χ2n) is 11.1. The summed E-state index contributed by atoms with van der Waals surface area (Å²) in [5, 5.41) is 2.51. The molecule has 0 fully saturated rings. The van der Waals surface area contributed by atoms with Crippen LogP contribution in [0.1, 0.15) is 55.1 Å². The smallest absolute Gasteiger partial charge is 0.405 e. The number of ether oxygens (including phenoxy) is 3. The van der Waals surface area contributed by atoms with Gasteiger partial charge in [-0.05, 0) is 36.8 Å². The normalized spacial score (nSPS) is 12.8. The molecule has 2 amide bonds. The number of nitrogens with two attached hydrogens (primary N) is 1. The molecule has 45 heavy (non-hydrogen) atoms. The quantitative estimate of drug-likeness (QED) is 0.170. The molecule has 0 spiro atoms. The third-order valence-electron chi connectivity index (χ3n) is 7.11. The fourth-order valence-corrected chi connectivity index (χ4v) is 4.27. The lowest BCUT2D eigenvalue weighted by Crippen LogP contribution is -2.44. The molecular weight excluding hydrogens is 598 g/mol. The molecule has 4 rings (SSSR count). The highest BCUT2D eigenvalue weighted by atomic mass is 19.3. The zero-order valence-electron chi connectivity index (χ0n) is 24.8.